The van der Waals surface area contributed by atoms with E-state index in [1.165, 1.54) is 0 Å². The largest absolute Gasteiger partial charge is 0.497 e. The van der Waals surface area contributed by atoms with Crippen LogP contribution in [0.1, 0.15) is 74.1 Å². The van der Waals surface area contributed by atoms with Crippen molar-refractivity contribution in [2.75, 3.05) is 53.5 Å². The molecule has 0 spiro atoms. The van der Waals surface area contributed by atoms with Crippen LogP contribution in [-0.4, -0.2) is 74.9 Å². The van der Waals surface area contributed by atoms with Gasteiger partial charge in [0.1, 0.15) is 11.5 Å². The molecule has 0 unspecified atom stereocenters. The lowest BCUT2D eigenvalue weighted by atomic mass is 9.88. The molecule has 0 aliphatic carbocycles. The highest BCUT2D eigenvalue weighted by Gasteiger charge is 2.24. The maximum Gasteiger partial charge on any atom is 0.167 e. The van der Waals surface area contributed by atoms with E-state index < -0.39 is 0 Å². The molecule has 0 aliphatic rings. The third-order valence-electron chi connectivity index (χ3n) is 7.59. The summed E-state index contributed by atoms with van der Waals surface area (Å²) in [5.41, 5.74) is 1.47. The van der Waals surface area contributed by atoms with Crippen LogP contribution >= 0.6 is 0 Å². The maximum absolute atomic E-state index is 13.5. The minimum absolute atomic E-state index is 0.0678. The van der Waals surface area contributed by atoms with Gasteiger partial charge >= 0.3 is 0 Å². The Bertz CT molecular complexity index is 871. The first-order chi connectivity index (χ1) is 18.4. The summed E-state index contributed by atoms with van der Waals surface area (Å²) in [5.74, 6) is 1.75. The highest BCUT2D eigenvalue weighted by molar-refractivity contribution is 5.98. The Balaban J connectivity index is 2.09. The molecule has 0 radical (unpaired) electrons. The highest BCUT2D eigenvalue weighted by atomic mass is 16.5. The average Bonchev–Trinajstić information content (AvgIpc) is 2.97. The Morgan fingerprint density at radius 1 is 0.605 bits per heavy atom. The van der Waals surface area contributed by atoms with Crippen molar-refractivity contribution < 1.29 is 19.1 Å². The van der Waals surface area contributed by atoms with E-state index in [4.69, 9.17) is 9.47 Å². The van der Waals surface area contributed by atoms with E-state index in [1.54, 1.807) is 14.2 Å². The first kappa shape index (κ1) is 31.5. The van der Waals surface area contributed by atoms with Gasteiger partial charge in [0.2, 0.25) is 0 Å². The standard InChI is InChI=1S/C32H48N2O4/c1-7-33(8-2)23-27(31(35)25-15-19-29(37-5)20-16-25)13-11-12-14-28(24-34(9-3)10-4)32(36)26-17-21-30(38-6)22-18-26/h15-22,27-28H,7-14,23-24H2,1-6H3/t27-,28-/m1/s1. The van der Waals surface area contributed by atoms with Crippen LogP contribution in [-0.2, 0) is 0 Å². The van der Waals surface area contributed by atoms with Gasteiger partial charge in [-0.25, -0.2) is 0 Å². The van der Waals surface area contributed by atoms with Gasteiger partial charge in [-0.15, -0.1) is 0 Å². The monoisotopic (exact) mass is 524 g/mol. The van der Waals surface area contributed by atoms with Crippen LogP contribution in [0.2, 0.25) is 0 Å². The lowest BCUT2D eigenvalue weighted by Gasteiger charge is -2.26. The lowest BCUT2D eigenvalue weighted by molar-refractivity contribution is 0.0852. The molecule has 0 saturated heterocycles. The zero-order valence-electron chi connectivity index (χ0n) is 24.4. The normalized spacial score (nSPS) is 12.9. The molecule has 0 bridgehead atoms. The number of ketones is 2. The number of ether oxygens (including phenoxy) is 2. The number of methoxy groups -OCH3 is 2. The van der Waals surface area contributed by atoms with Crippen molar-refractivity contribution in [1.82, 2.24) is 9.80 Å². The van der Waals surface area contributed by atoms with E-state index >= 15 is 0 Å². The van der Waals surface area contributed by atoms with Gasteiger partial charge in [0.25, 0.3) is 0 Å². The van der Waals surface area contributed by atoms with E-state index in [1.807, 2.05) is 48.5 Å². The number of rotatable bonds is 19. The quantitative estimate of drug-likeness (QED) is 0.160. The van der Waals surface area contributed by atoms with Crippen molar-refractivity contribution in [2.45, 2.75) is 53.4 Å². The summed E-state index contributed by atoms with van der Waals surface area (Å²) in [4.78, 5) is 31.6. The Morgan fingerprint density at radius 2 is 0.921 bits per heavy atom. The topological polar surface area (TPSA) is 59.1 Å². The van der Waals surface area contributed by atoms with E-state index in [0.717, 1.165) is 87.6 Å². The summed E-state index contributed by atoms with van der Waals surface area (Å²) in [6.45, 7) is 13.8. The molecule has 2 rings (SSSR count). The summed E-state index contributed by atoms with van der Waals surface area (Å²) >= 11 is 0. The van der Waals surface area contributed by atoms with E-state index in [2.05, 4.69) is 37.5 Å². The molecule has 0 heterocycles. The van der Waals surface area contributed by atoms with Crippen LogP contribution in [0.25, 0.3) is 0 Å². The molecule has 0 aliphatic heterocycles. The van der Waals surface area contributed by atoms with Crippen molar-refractivity contribution in [3.05, 3.63) is 59.7 Å². The molecule has 6 nitrogen and oxygen atoms in total. The lowest BCUT2D eigenvalue weighted by Crippen LogP contribution is -2.34. The minimum atomic E-state index is -0.0678. The minimum Gasteiger partial charge on any atom is -0.497 e. The number of hydrogen-bond acceptors (Lipinski definition) is 6. The van der Waals surface area contributed by atoms with Gasteiger partial charge in [0.05, 0.1) is 14.2 Å². The second-order valence-electron chi connectivity index (χ2n) is 9.84. The second kappa shape index (κ2) is 17.0. The van der Waals surface area contributed by atoms with E-state index in [9.17, 15) is 9.59 Å². The molecule has 2 aromatic carbocycles. The number of hydrogen-bond donors (Lipinski definition) is 0. The maximum atomic E-state index is 13.5. The third kappa shape index (κ3) is 9.55. The van der Waals surface area contributed by atoms with E-state index in [-0.39, 0.29) is 23.4 Å². The number of carbonyl (C=O) groups excluding carboxylic acids is 2. The smallest absolute Gasteiger partial charge is 0.167 e. The van der Waals surface area contributed by atoms with Gasteiger partial charge in [-0.2, -0.15) is 0 Å². The number of Topliss-reactive ketones (excluding diaryl/α,β-unsaturated/α-hetero) is 2. The van der Waals surface area contributed by atoms with Crippen LogP contribution in [0.3, 0.4) is 0 Å². The van der Waals surface area contributed by atoms with E-state index in [0.29, 0.717) is 0 Å². The number of carbonyl (C=O) groups is 2. The first-order valence-corrected chi connectivity index (χ1v) is 14.2. The molecule has 0 aromatic heterocycles. The Hall–Kier alpha value is -2.70. The molecule has 0 amide bonds. The molecular weight excluding hydrogens is 476 g/mol. The highest BCUT2D eigenvalue weighted by Crippen LogP contribution is 2.23. The van der Waals surface area contributed by atoms with Crippen LogP contribution < -0.4 is 9.47 Å². The van der Waals surface area contributed by atoms with Gasteiger partial charge in [0, 0.05) is 36.1 Å². The van der Waals surface area contributed by atoms with Gasteiger partial charge < -0.3 is 19.3 Å². The van der Waals surface area contributed by atoms with Crippen molar-refractivity contribution in [1.29, 1.82) is 0 Å². The SMILES string of the molecule is CCN(CC)C[C@@H](CCCC[C@H](CN(CC)CC)C(=O)c1ccc(OC)cc1)C(=O)c1ccc(OC)cc1. The molecular formula is C32H48N2O4. The summed E-state index contributed by atoms with van der Waals surface area (Å²) < 4.78 is 10.5. The fraction of sp³-hybridized carbons (Fsp3) is 0.562. The van der Waals surface area contributed by atoms with Crippen LogP contribution in [0.4, 0.5) is 0 Å². The van der Waals surface area contributed by atoms with Gasteiger partial charge in [-0.3, -0.25) is 9.59 Å². The number of unbranched alkanes of at least 4 members (excludes halogenated alkanes) is 1. The van der Waals surface area contributed by atoms with Crippen LogP contribution in [0.15, 0.2) is 48.5 Å². The predicted octanol–water partition coefficient (Wildman–Crippen LogP) is 6.25. The second-order valence-corrected chi connectivity index (χ2v) is 9.84. The Kier molecular flexibility index (Phi) is 14.1. The molecule has 210 valence electrons. The van der Waals surface area contributed by atoms with Gasteiger partial charge in [-0.05, 0) is 87.6 Å². The molecule has 6 heteroatoms. The molecule has 0 fully saturated rings. The molecule has 2 atom stereocenters. The zero-order valence-corrected chi connectivity index (χ0v) is 24.4. The summed E-state index contributed by atoms with van der Waals surface area (Å²) in [5, 5.41) is 0. The molecule has 0 N–H and O–H groups in total. The predicted molar refractivity (Wildman–Crippen MR) is 156 cm³/mol. The fourth-order valence-corrected chi connectivity index (χ4v) is 4.96. The number of benzene rings is 2. The van der Waals surface area contributed by atoms with Crippen LogP contribution in [0.5, 0.6) is 11.5 Å². The zero-order chi connectivity index (χ0) is 27.9. The Morgan fingerprint density at radius 3 is 1.18 bits per heavy atom. The Labute approximate surface area is 230 Å². The van der Waals surface area contributed by atoms with Crippen molar-refractivity contribution in [3.8, 4) is 11.5 Å². The van der Waals surface area contributed by atoms with Gasteiger partial charge in [0.15, 0.2) is 11.6 Å². The molecule has 38 heavy (non-hydrogen) atoms. The summed E-state index contributed by atoms with van der Waals surface area (Å²) in [7, 11) is 3.26. The van der Waals surface area contributed by atoms with Crippen molar-refractivity contribution >= 4 is 11.6 Å². The van der Waals surface area contributed by atoms with Crippen LogP contribution in [0, 0.1) is 11.8 Å². The van der Waals surface area contributed by atoms with Crippen molar-refractivity contribution in [2.24, 2.45) is 11.8 Å². The number of nitrogens with zero attached hydrogens (tertiary/aromatic N) is 2. The third-order valence-corrected chi connectivity index (χ3v) is 7.59. The fourth-order valence-electron chi connectivity index (χ4n) is 4.96. The summed E-state index contributed by atoms with van der Waals surface area (Å²) in [6, 6.07) is 14.9. The average molecular weight is 525 g/mol. The molecule has 0 saturated carbocycles. The van der Waals surface area contributed by atoms with Crippen molar-refractivity contribution in [3.63, 3.8) is 0 Å². The summed E-state index contributed by atoms with van der Waals surface area (Å²) in [6.07, 6.45) is 3.46. The molecule has 2 aromatic rings. The van der Waals surface area contributed by atoms with Gasteiger partial charge in [-0.1, -0.05) is 40.5 Å². The first-order valence-electron chi connectivity index (χ1n) is 14.2.